The summed E-state index contributed by atoms with van der Waals surface area (Å²) in [6.45, 7) is 1.94. The zero-order valence-electron chi connectivity index (χ0n) is 11.8. The minimum atomic E-state index is -1.20. The molecule has 0 heterocycles. The lowest BCUT2D eigenvalue weighted by Crippen LogP contribution is -2.23. The molecule has 0 spiro atoms. The van der Waals surface area contributed by atoms with Gasteiger partial charge in [-0.15, -0.1) is 0 Å². The summed E-state index contributed by atoms with van der Waals surface area (Å²) in [6, 6.07) is 10.8. The van der Waals surface area contributed by atoms with Gasteiger partial charge in [0.05, 0.1) is 19.1 Å². The molecule has 4 N–H and O–H groups in total. The summed E-state index contributed by atoms with van der Waals surface area (Å²) in [4.78, 5) is 11.3. The zero-order valence-corrected chi connectivity index (χ0v) is 11.8. The maximum Gasteiger partial charge on any atom is 0.308 e. The first kappa shape index (κ1) is 15.3. The number of aliphatic hydroxyl groups is 2. The minimum absolute atomic E-state index is 0.241. The number of hydrogen-bond donors (Lipinski definition) is 3. The number of nitrogen functional groups attached to an aromatic ring is 1. The van der Waals surface area contributed by atoms with Crippen LogP contribution in [-0.4, -0.2) is 28.9 Å². The molecule has 0 aliphatic rings. The van der Waals surface area contributed by atoms with Crippen molar-refractivity contribution in [1.82, 2.24) is 0 Å². The van der Waals surface area contributed by atoms with Crippen LogP contribution in [0.4, 0.5) is 5.69 Å². The topological polar surface area (TPSA) is 92.8 Å². The summed E-state index contributed by atoms with van der Waals surface area (Å²) < 4.78 is 4.76. The maximum atomic E-state index is 11.3. The number of esters is 1. The molecule has 0 aromatic heterocycles. The highest BCUT2D eigenvalue weighted by atomic mass is 16.5. The predicted molar refractivity (Wildman–Crippen MR) is 80.6 cm³/mol. The second kappa shape index (κ2) is 6.56. The van der Waals surface area contributed by atoms with E-state index >= 15 is 0 Å². The molecule has 0 fully saturated rings. The predicted octanol–water partition coefficient (Wildman–Crippen LogP) is 1.77. The molecule has 0 amide bonds. The molecule has 0 radical (unpaired) electrons. The number of hydrogen-bond acceptors (Lipinski definition) is 5. The Balaban J connectivity index is 2.16. The number of anilines is 1. The molecule has 0 aliphatic heterocycles. The first-order valence-electron chi connectivity index (χ1n) is 6.82. The number of aliphatic hydroxyl groups excluding tert-OH is 2. The van der Waals surface area contributed by atoms with Gasteiger partial charge in [0.2, 0.25) is 0 Å². The lowest BCUT2D eigenvalue weighted by Gasteiger charge is -2.18. The van der Waals surface area contributed by atoms with Gasteiger partial charge in [-0.05, 0) is 41.5 Å². The molecule has 2 rings (SSSR count). The Hall–Kier alpha value is -2.11. The van der Waals surface area contributed by atoms with Crippen molar-refractivity contribution in [2.45, 2.75) is 25.6 Å². The zero-order chi connectivity index (χ0) is 15.4. The molecule has 2 aromatic rings. The van der Waals surface area contributed by atoms with E-state index < -0.39 is 18.2 Å². The lowest BCUT2D eigenvalue weighted by molar-refractivity contribution is -0.147. The fraction of sp³-hybridized carbons (Fsp3) is 0.312. The Morgan fingerprint density at radius 1 is 1.19 bits per heavy atom. The van der Waals surface area contributed by atoms with Crippen LogP contribution in [0, 0.1) is 0 Å². The second-order valence-electron chi connectivity index (χ2n) is 4.89. The van der Waals surface area contributed by atoms with E-state index in [9.17, 15) is 15.0 Å². The Kier molecular flexibility index (Phi) is 4.77. The highest BCUT2D eigenvalue weighted by Gasteiger charge is 2.22. The minimum Gasteiger partial charge on any atom is -0.466 e. The van der Waals surface area contributed by atoms with E-state index in [1.807, 2.05) is 18.2 Å². The van der Waals surface area contributed by atoms with Gasteiger partial charge in [0.15, 0.2) is 0 Å². The molecule has 5 heteroatoms. The highest BCUT2D eigenvalue weighted by Crippen LogP contribution is 2.25. The van der Waals surface area contributed by atoms with Crippen LogP contribution in [0.25, 0.3) is 10.8 Å². The van der Waals surface area contributed by atoms with Crippen molar-refractivity contribution in [3.05, 3.63) is 42.0 Å². The SMILES string of the molecule is CCOC(=O)CC(O)C(O)c1ccc2cc(N)ccc2c1. The maximum absolute atomic E-state index is 11.3. The number of benzene rings is 2. The van der Waals surface area contributed by atoms with Crippen molar-refractivity contribution < 1.29 is 19.7 Å². The number of nitrogens with two attached hydrogens (primary N) is 1. The number of fused-ring (bicyclic) bond motifs is 1. The van der Waals surface area contributed by atoms with Gasteiger partial charge < -0.3 is 20.7 Å². The first-order valence-corrected chi connectivity index (χ1v) is 6.82. The van der Waals surface area contributed by atoms with E-state index in [4.69, 9.17) is 10.5 Å². The van der Waals surface area contributed by atoms with E-state index in [-0.39, 0.29) is 13.0 Å². The number of ether oxygens (including phenoxy) is 1. The molecular formula is C16H19NO4. The number of carbonyl (C=O) groups excluding carboxylic acids is 1. The molecule has 21 heavy (non-hydrogen) atoms. The van der Waals surface area contributed by atoms with E-state index in [1.165, 1.54) is 0 Å². The monoisotopic (exact) mass is 289 g/mol. The summed E-state index contributed by atoms with van der Waals surface area (Å²) >= 11 is 0. The molecule has 2 atom stereocenters. The molecule has 2 unspecified atom stereocenters. The lowest BCUT2D eigenvalue weighted by atomic mass is 9.98. The van der Waals surface area contributed by atoms with Crippen molar-refractivity contribution in [3.63, 3.8) is 0 Å². The smallest absolute Gasteiger partial charge is 0.308 e. The van der Waals surface area contributed by atoms with Crippen LogP contribution in [0.5, 0.6) is 0 Å². The first-order chi connectivity index (χ1) is 10.0. The Labute approximate surface area is 123 Å². The van der Waals surface area contributed by atoms with Crippen LogP contribution in [0.15, 0.2) is 36.4 Å². The third-order valence-electron chi connectivity index (χ3n) is 3.28. The van der Waals surface area contributed by atoms with Gasteiger partial charge in [-0.1, -0.05) is 18.2 Å². The average Bonchev–Trinajstić information content (AvgIpc) is 2.46. The fourth-order valence-corrected chi connectivity index (χ4v) is 2.19. The molecule has 0 saturated heterocycles. The van der Waals surface area contributed by atoms with Crippen molar-refractivity contribution in [2.75, 3.05) is 12.3 Å². The second-order valence-corrected chi connectivity index (χ2v) is 4.89. The van der Waals surface area contributed by atoms with Crippen LogP contribution < -0.4 is 5.73 Å². The number of rotatable bonds is 5. The Morgan fingerprint density at radius 2 is 1.86 bits per heavy atom. The number of carbonyl (C=O) groups is 1. The summed E-state index contributed by atoms with van der Waals surface area (Å²) in [5.41, 5.74) is 6.92. The van der Waals surface area contributed by atoms with E-state index in [0.29, 0.717) is 11.3 Å². The van der Waals surface area contributed by atoms with E-state index in [2.05, 4.69) is 0 Å². The summed E-state index contributed by atoms with van der Waals surface area (Å²) in [5.74, 6) is -0.530. The quantitative estimate of drug-likeness (QED) is 0.576. The van der Waals surface area contributed by atoms with Crippen LogP contribution in [-0.2, 0) is 9.53 Å². The Bertz CT molecular complexity index is 641. The van der Waals surface area contributed by atoms with Crippen molar-refractivity contribution >= 4 is 22.4 Å². The largest absolute Gasteiger partial charge is 0.466 e. The Morgan fingerprint density at radius 3 is 2.57 bits per heavy atom. The summed E-state index contributed by atoms with van der Waals surface area (Å²) in [6.07, 6.45) is -2.58. The van der Waals surface area contributed by atoms with Crippen LogP contribution in [0.3, 0.4) is 0 Å². The van der Waals surface area contributed by atoms with Crippen LogP contribution in [0.1, 0.15) is 25.0 Å². The summed E-state index contributed by atoms with van der Waals surface area (Å²) in [5, 5.41) is 21.9. The standard InChI is InChI=1S/C16H19NO4/c1-2-21-15(19)9-14(18)16(20)12-4-3-11-8-13(17)6-5-10(11)7-12/h3-8,14,16,18,20H,2,9,17H2,1H3. The van der Waals surface area contributed by atoms with Gasteiger partial charge in [0, 0.05) is 5.69 Å². The van der Waals surface area contributed by atoms with Gasteiger partial charge in [0.1, 0.15) is 6.10 Å². The van der Waals surface area contributed by atoms with Gasteiger partial charge in [-0.25, -0.2) is 0 Å². The average molecular weight is 289 g/mol. The molecule has 0 saturated carbocycles. The molecule has 2 aromatic carbocycles. The summed E-state index contributed by atoms with van der Waals surface area (Å²) in [7, 11) is 0. The van der Waals surface area contributed by atoms with Crippen LogP contribution in [0.2, 0.25) is 0 Å². The van der Waals surface area contributed by atoms with Crippen molar-refractivity contribution in [2.24, 2.45) is 0 Å². The van der Waals surface area contributed by atoms with Gasteiger partial charge >= 0.3 is 5.97 Å². The van der Waals surface area contributed by atoms with Gasteiger partial charge in [-0.3, -0.25) is 4.79 Å². The molecular weight excluding hydrogens is 270 g/mol. The molecule has 5 nitrogen and oxygen atoms in total. The molecule has 112 valence electrons. The highest BCUT2D eigenvalue weighted by molar-refractivity contribution is 5.86. The third-order valence-corrected chi connectivity index (χ3v) is 3.28. The van der Waals surface area contributed by atoms with Crippen molar-refractivity contribution in [1.29, 1.82) is 0 Å². The van der Waals surface area contributed by atoms with Gasteiger partial charge in [-0.2, -0.15) is 0 Å². The fourth-order valence-electron chi connectivity index (χ4n) is 2.19. The van der Waals surface area contributed by atoms with Gasteiger partial charge in [0.25, 0.3) is 0 Å². The molecule has 0 bridgehead atoms. The van der Waals surface area contributed by atoms with E-state index in [1.54, 1.807) is 25.1 Å². The van der Waals surface area contributed by atoms with Crippen molar-refractivity contribution in [3.8, 4) is 0 Å². The molecule has 0 aliphatic carbocycles. The van der Waals surface area contributed by atoms with E-state index in [0.717, 1.165) is 10.8 Å². The van der Waals surface area contributed by atoms with Crippen LogP contribution >= 0.6 is 0 Å². The third kappa shape index (κ3) is 3.71. The normalized spacial score (nSPS) is 13.9.